The summed E-state index contributed by atoms with van der Waals surface area (Å²) in [5.74, 6) is -0.179. The molecule has 0 N–H and O–H groups in total. The Morgan fingerprint density at radius 2 is 1.79 bits per heavy atom. The molecule has 0 amide bonds. The molecular weight excluding hydrogens is 238 g/mol. The van der Waals surface area contributed by atoms with Crippen molar-refractivity contribution in [2.24, 2.45) is 0 Å². The summed E-state index contributed by atoms with van der Waals surface area (Å²) in [5, 5.41) is 0. The lowest BCUT2D eigenvalue weighted by Crippen LogP contribution is -2.40. The summed E-state index contributed by atoms with van der Waals surface area (Å²) >= 11 is 0. The molecule has 1 aromatic carbocycles. The van der Waals surface area contributed by atoms with Gasteiger partial charge in [0.05, 0.1) is 0 Å². The topological polar surface area (TPSA) is 29.5 Å². The highest BCUT2D eigenvalue weighted by molar-refractivity contribution is 5.75. The molecule has 0 heterocycles. The molecule has 0 bridgehead atoms. The number of esters is 1. The molecule has 3 heteroatoms. The lowest BCUT2D eigenvalue weighted by molar-refractivity contribution is -0.160. The predicted octanol–water partition coefficient (Wildman–Crippen LogP) is 3.16. The van der Waals surface area contributed by atoms with E-state index in [1.54, 1.807) is 0 Å². The van der Waals surface area contributed by atoms with E-state index in [4.69, 9.17) is 4.74 Å². The normalized spacial score (nSPS) is 13.4. The van der Waals surface area contributed by atoms with Gasteiger partial charge in [-0.25, -0.2) is 0 Å². The molecule has 0 radical (unpaired) electrons. The van der Waals surface area contributed by atoms with Crippen molar-refractivity contribution in [3.05, 3.63) is 35.4 Å². The molecule has 1 atom stereocenters. The number of ether oxygens (including phenoxy) is 1. The van der Waals surface area contributed by atoms with Crippen LogP contribution in [0.2, 0.25) is 0 Å². The lowest BCUT2D eigenvalue weighted by atomic mass is 10.1. The first kappa shape index (κ1) is 15.7. The van der Waals surface area contributed by atoms with E-state index in [-0.39, 0.29) is 12.0 Å². The first-order valence-electron chi connectivity index (χ1n) is 6.67. The minimum atomic E-state index is -0.434. The van der Waals surface area contributed by atoms with Crippen LogP contribution in [-0.4, -0.2) is 29.6 Å². The van der Waals surface area contributed by atoms with Crippen LogP contribution < -0.4 is 0 Å². The summed E-state index contributed by atoms with van der Waals surface area (Å²) < 4.78 is 5.40. The van der Waals surface area contributed by atoms with Crippen LogP contribution in [0, 0.1) is 6.92 Å². The number of hydrogen-bond acceptors (Lipinski definition) is 3. The SMILES string of the molecule is Cc1ccc(CN(C)C(C)C(=O)OC(C)(C)C)cc1. The van der Waals surface area contributed by atoms with E-state index < -0.39 is 5.60 Å². The molecule has 3 nitrogen and oxygen atoms in total. The zero-order chi connectivity index (χ0) is 14.6. The number of likely N-dealkylation sites (N-methyl/N-ethyl adjacent to an activating group) is 1. The van der Waals surface area contributed by atoms with E-state index in [9.17, 15) is 4.79 Å². The van der Waals surface area contributed by atoms with Crippen molar-refractivity contribution in [3.63, 3.8) is 0 Å². The fourth-order valence-electron chi connectivity index (χ4n) is 1.69. The predicted molar refractivity (Wildman–Crippen MR) is 78.0 cm³/mol. The maximum Gasteiger partial charge on any atom is 0.323 e. The summed E-state index contributed by atoms with van der Waals surface area (Å²) in [6, 6.07) is 8.10. The second-order valence-electron chi connectivity index (χ2n) is 6.11. The number of carbonyl (C=O) groups is 1. The molecule has 0 aliphatic carbocycles. The Morgan fingerprint density at radius 3 is 2.26 bits per heavy atom. The van der Waals surface area contributed by atoms with Gasteiger partial charge in [-0.2, -0.15) is 0 Å². The quantitative estimate of drug-likeness (QED) is 0.782. The fraction of sp³-hybridized carbons (Fsp3) is 0.562. The van der Waals surface area contributed by atoms with E-state index in [2.05, 4.69) is 31.2 Å². The summed E-state index contributed by atoms with van der Waals surface area (Å²) in [6.45, 7) is 10.3. The Morgan fingerprint density at radius 1 is 1.26 bits per heavy atom. The van der Waals surface area contributed by atoms with Crippen molar-refractivity contribution >= 4 is 5.97 Å². The van der Waals surface area contributed by atoms with E-state index in [1.807, 2.05) is 39.6 Å². The van der Waals surface area contributed by atoms with Gasteiger partial charge >= 0.3 is 5.97 Å². The fourth-order valence-corrected chi connectivity index (χ4v) is 1.69. The summed E-state index contributed by atoms with van der Waals surface area (Å²) in [6.07, 6.45) is 0. The lowest BCUT2D eigenvalue weighted by Gasteiger charge is -2.27. The van der Waals surface area contributed by atoms with Crippen LogP contribution >= 0.6 is 0 Å². The third-order valence-corrected chi connectivity index (χ3v) is 2.96. The van der Waals surface area contributed by atoms with Crippen LogP contribution in [0.3, 0.4) is 0 Å². The molecule has 1 aromatic rings. The Balaban J connectivity index is 2.59. The van der Waals surface area contributed by atoms with Gasteiger partial charge in [-0.15, -0.1) is 0 Å². The summed E-state index contributed by atoms with van der Waals surface area (Å²) in [4.78, 5) is 14.0. The van der Waals surface area contributed by atoms with Gasteiger partial charge in [-0.3, -0.25) is 9.69 Å². The maximum atomic E-state index is 12.0. The van der Waals surface area contributed by atoms with Crippen molar-refractivity contribution in [1.29, 1.82) is 0 Å². The maximum absolute atomic E-state index is 12.0. The Labute approximate surface area is 116 Å². The van der Waals surface area contributed by atoms with E-state index in [1.165, 1.54) is 11.1 Å². The van der Waals surface area contributed by atoms with Crippen molar-refractivity contribution < 1.29 is 9.53 Å². The van der Waals surface area contributed by atoms with Gasteiger partial charge in [0.2, 0.25) is 0 Å². The largest absolute Gasteiger partial charge is 0.459 e. The molecule has 0 spiro atoms. The smallest absolute Gasteiger partial charge is 0.323 e. The minimum Gasteiger partial charge on any atom is -0.459 e. The second-order valence-corrected chi connectivity index (χ2v) is 6.11. The first-order chi connectivity index (χ1) is 8.69. The van der Waals surface area contributed by atoms with Gasteiger partial charge < -0.3 is 4.74 Å². The third kappa shape index (κ3) is 5.43. The zero-order valence-corrected chi connectivity index (χ0v) is 12.9. The zero-order valence-electron chi connectivity index (χ0n) is 12.9. The van der Waals surface area contributed by atoms with Gasteiger partial charge in [0.15, 0.2) is 0 Å². The van der Waals surface area contributed by atoms with Gasteiger partial charge in [0.25, 0.3) is 0 Å². The molecule has 0 saturated heterocycles. The van der Waals surface area contributed by atoms with Crippen molar-refractivity contribution in [2.45, 2.75) is 52.8 Å². The number of carbonyl (C=O) groups excluding carboxylic acids is 1. The highest BCUT2D eigenvalue weighted by Crippen LogP contribution is 2.13. The Bertz CT molecular complexity index is 417. The molecule has 1 rings (SSSR count). The van der Waals surface area contributed by atoms with Gasteiger partial charge in [-0.05, 0) is 47.2 Å². The van der Waals surface area contributed by atoms with Crippen LogP contribution in [0.1, 0.15) is 38.8 Å². The van der Waals surface area contributed by atoms with Gasteiger partial charge in [0.1, 0.15) is 11.6 Å². The average Bonchev–Trinajstić information content (AvgIpc) is 2.28. The summed E-state index contributed by atoms with van der Waals surface area (Å²) in [7, 11) is 1.94. The van der Waals surface area contributed by atoms with E-state index in [0.29, 0.717) is 0 Å². The van der Waals surface area contributed by atoms with Crippen LogP contribution in [0.4, 0.5) is 0 Å². The second kappa shape index (κ2) is 6.20. The highest BCUT2D eigenvalue weighted by atomic mass is 16.6. The molecule has 1 unspecified atom stereocenters. The molecule has 0 aliphatic rings. The molecule has 0 fully saturated rings. The number of nitrogens with zero attached hydrogens (tertiary/aromatic N) is 1. The van der Waals surface area contributed by atoms with Crippen molar-refractivity contribution in [3.8, 4) is 0 Å². The molecule has 0 aromatic heterocycles. The van der Waals surface area contributed by atoms with Crippen molar-refractivity contribution in [2.75, 3.05) is 7.05 Å². The number of hydrogen-bond donors (Lipinski definition) is 0. The Hall–Kier alpha value is -1.35. The molecular formula is C16H25NO2. The van der Waals surface area contributed by atoms with Crippen LogP contribution in [0.5, 0.6) is 0 Å². The summed E-state index contributed by atoms with van der Waals surface area (Å²) in [5.41, 5.74) is 2.01. The van der Waals surface area contributed by atoms with E-state index in [0.717, 1.165) is 6.54 Å². The third-order valence-electron chi connectivity index (χ3n) is 2.96. The standard InChI is InChI=1S/C16H25NO2/c1-12-7-9-14(10-8-12)11-17(6)13(2)15(18)19-16(3,4)5/h7-10,13H,11H2,1-6H3. The molecule has 19 heavy (non-hydrogen) atoms. The van der Waals surface area contributed by atoms with Crippen LogP contribution in [0.15, 0.2) is 24.3 Å². The molecule has 0 saturated carbocycles. The minimum absolute atomic E-state index is 0.179. The van der Waals surface area contributed by atoms with Gasteiger partial charge in [0, 0.05) is 6.54 Å². The number of rotatable bonds is 4. The number of aryl methyl sites for hydroxylation is 1. The highest BCUT2D eigenvalue weighted by Gasteiger charge is 2.24. The van der Waals surface area contributed by atoms with Crippen LogP contribution in [-0.2, 0) is 16.1 Å². The van der Waals surface area contributed by atoms with Gasteiger partial charge in [-0.1, -0.05) is 29.8 Å². The molecule has 0 aliphatic heterocycles. The molecule has 106 valence electrons. The first-order valence-corrected chi connectivity index (χ1v) is 6.67. The Kier molecular flexibility index (Phi) is 5.12. The average molecular weight is 263 g/mol. The van der Waals surface area contributed by atoms with Crippen molar-refractivity contribution in [1.82, 2.24) is 4.90 Å². The number of benzene rings is 1. The monoisotopic (exact) mass is 263 g/mol. The van der Waals surface area contributed by atoms with Crippen LogP contribution in [0.25, 0.3) is 0 Å². The van der Waals surface area contributed by atoms with E-state index >= 15 is 0 Å².